The molecule has 0 radical (unpaired) electrons. The fourth-order valence-corrected chi connectivity index (χ4v) is 1.33. The van der Waals surface area contributed by atoms with E-state index in [1.54, 1.807) is 6.07 Å². The number of nitrogens with zero attached hydrogens (tertiary/aromatic N) is 1. The summed E-state index contributed by atoms with van der Waals surface area (Å²) in [5.74, 6) is 6.14. The molecule has 0 saturated carbocycles. The molecule has 0 amide bonds. The number of hydrogen-bond donors (Lipinski definition) is 0. The zero-order valence-electron chi connectivity index (χ0n) is 14.1. The first-order chi connectivity index (χ1) is 9.13. The average molecular weight is 273 g/mol. The Balaban J connectivity index is 0.00000172. The maximum atomic E-state index is 11.0. The van der Waals surface area contributed by atoms with Crippen LogP contribution in [0, 0.1) is 17.3 Å². The fraction of sp³-hybridized carbons (Fsp3) is 0.556. The van der Waals surface area contributed by atoms with Gasteiger partial charge in [0.05, 0.1) is 0 Å². The summed E-state index contributed by atoms with van der Waals surface area (Å²) in [6.45, 7) is 16.4. The Morgan fingerprint density at radius 3 is 2.00 bits per heavy atom. The second-order valence-corrected chi connectivity index (χ2v) is 6.50. The maximum Gasteiger partial charge on any atom is 0.152 e. The van der Waals surface area contributed by atoms with E-state index in [0.29, 0.717) is 11.3 Å². The molecule has 0 unspecified atom stereocenters. The number of hydrogen-bond acceptors (Lipinski definition) is 2. The van der Waals surface area contributed by atoms with Crippen molar-refractivity contribution >= 4 is 6.29 Å². The minimum absolute atomic E-state index is 0.0421. The predicted octanol–water partition coefficient (Wildman–Crippen LogP) is 4.62. The van der Waals surface area contributed by atoms with Crippen LogP contribution in [-0.4, -0.2) is 11.3 Å². The van der Waals surface area contributed by atoms with Crippen molar-refractivity contribution in [1.29, 1.82) is 0 Å². The molecule has 0 aliphatic carbocycles. The maximum absolute atomic E-state index is 11.0. The molecule has 0 aliphatic heterocycles. The number of carbonyl (C=O) groups excluding carboxylic acids is 1. The molecule has 110 valence electrons. The van der Waals surface area contributed by atoms with Gasteiger partial charge in [-0.25, -0.2) is 4.98 Å². The molecule has 1 aromatic heterocycles. The average Bonchev–Trinajstić information content (AvgIpc) is 2.36. The Bertz CT molecular complexity index is 505. The van der Waals surface area contributed by atoms with Gasteiger partial charge in [-0.3, -0.25) is 4.79 Å². The number of aromatic nitrogens is 1. The van der Waals surface area contributed by atoms with Crippen LogP contribution in [-0.2, 0) is 5.41 Å². The first kappa shape index (κ1) is 18.4. The molecule has 0 aliphatic rings. The number of carbonyl (C=O) groups is 1. The molecule has 1 heterocycles. The van der Waals surface area contributed by atoms with E-state index in [-0.39, 0.29) is 10.8 Å². The molecular formula is C18H27NO. The van der Waals surface area contributed by atoms with Gasteiger partial charge in [-0.05, 0) is 38.8 Å². The van der Waals surface area contributed by atoms with Crippen LogP contribution in [0.2, 0.25) is 0 Å². The fourth-order valence-electron chi connectivity index (χ4n) is 1.33. The van der Waals surface area contributed by atoms with Gasteiger partial charge in [0.15, 0.2) is 6.29 Å². The summed E-state index contributed by atoms with van der Waals surface area (Å²) in [5, 5.41) is 0. The smallest absolute Gasteiger partial charge is 0.152 e. The van der Waals surface area contributed by atoms with Crippen molar-refractivity contribution in [3.63, 3.8) is 0 Å². The van der Waals surface area contributed by atoms with Gasteiger partial charge in [-0.15, -0.1) is 0 Å². The topological polar surface area (TPSA) is 30.0 Å². The monoisotopic (exact) mass is 273 g/mol. The van der Waals surface area contributed by atoms with Crippen molar-refractivity contribution in [3.05, 3.63) is 29.1 Å². The van der Waals surface area contributed by atoms with Gasteiger partial charge < -0.3 is 0 Å². The third-order valence-electron chi connectivity index (χ3n) is 2.38. The van der Waals surface area contributed by atoms with Crippen LogP contribution < -0.4 is 0 Å². The van der Waals surface area contributed by atoms with Gasteiger partial charge in [0.2, 0.25) is 0 Å². The third-order valence-corrected chi connectivity index (χ3v) is 2.38. The predicted molar refractivity (Wildman–Crippen MR) is 86.0 cm³/mol. The van der Waals surface area contributed by atoms with Gasteiger partial charge in [0.25, 0.3) is 0 Å². The molecule has 2 nitrogen and oxygen atoms in total. The summed E-state index contributed by atoms with van der Waals surface area (Å²) < 4.78 is 0. The summed E-state index contributed by atoms with van der Waals surface area (Å²) in [5.41, 5.74) is 1.94. The zero-order valence-corrected chi connectivity index (χ0v) is 14.1. The van der Waals surface area contributed by atoms with Crippen molar-refractivity contribution in [2.75, 3.05) is 0 Å². The van der Waals surface area contributed by atoms with Crippen molar-refractivity contribution in [1.82, 2.24) is 4.98 Å². The number of rotatable bonds is 1. The zero-order chi connectivity index (χ0) is 16.0. The summed E-state index contributed by atoms with van der Waals surface area (Å²) in [7, 11) is 0. The van der Waals surface area contributed by atoms with Gasteiger partial charge >= 0.3 is 0 Å². The van der Waals surface area contributed by atoms with Crippen LogP contribution in [0.1, 0.15) is 77.1 Å². The normalized spacial score (nSPS) is 10.8. The lowest BCUT2D eigenvalue weighted by Crippen LogP contribution is -2.14. The van der Waals surface area contributed by atoms with Crippen LogP contribution in [0.4, 0.5) is 0 Å². The van der Waals surface area contributed by atoms with Crippen LogP contribution in [0.3, 0.4) is 0 Å². The number of pyridine rings is 1. The SMILES string of the molecule is CC.CC(C)(C)C#Cc1nc(C(C)(C)C)ccc1C=O. The Morgan fingerprint density at radius 1 is 1.05 bits per heavy atom. The van der Waals surface area contributed by atoms with Gasteiger partial charge in [-0.2, -0.15) is 0 Å². The van der Waals surface area contributed by atoms with E-state index in [0.717, 1.165) is 12.0 Å². The van der Waals surface area contributed by atoms with Crippen molar-refractivity contribution < 1.29 is 4.79 Å². The summed E-state index contributed by atoms with van der Waals surface area (Å²) >= 11 is 0. The first-order valence-corrected chi connectivity index (χ1v) is 7.13. The molecule has 0 aromatic carbocycles. The molecule has 0 saturated heterocycles. The lowest BCUT2D eigenvalue weighted by Gasteiger charge is -2.18. The molecule has 1 rings (SSSR count). The third kappa shape index (κ3) is 6.02. The standard InChI is InChI=1S/C16H21NO.C2H6/c1-15(2,3)10-9-13-12(11-18)7-8-14(17-13)16(4,5)6;1-2/h7-8,11H,1-6H3;1-2H3. The molecule has 0 spiro atoms. The largest absolute Gasteiger partial charge is 0.298 e. The highest BCUT2D eigenvalue weighted by Gasteiger charge is 2.16. The van der Waals surface area contributed by atoms with E-state index in [4.69, 9.17) is 0 Å². The minimum atomic E-state index is -0.0976. The Labute approximate surface area is 124 Å². The molecule has 20 heavy (non-hydrogen) atoms. The highest BCUT2D eigenvalue weighted by atomic mass is 16.1. The minimum Gasteiger partial charge on any atom is -0.298 e. The van der Waals surface area contributed by atoms with E-state index in [2.05, 4.69) is 37.6 Å². The van der Waals surface area contributed by atoms with Crippen molar-refractivity contribution in [3.8, 4) is 11.8 Å². The number of aldehydes is 1. The molecule has 0 fully saturated rings. The lowest BCUT2D eigenvalue weighted by molar-refractivity contribution is 0.112. The van der Waals surface area contributed by atoms with E-state index in [1.807, 2.05) is 40.7 Å². The van der Waals surface area contributed by atoms with Crippen molar-refractivity contribution in [2.45, 2.75) is 60.8 Å². The second kappa shape index (κ2) is 7.24. The highest BCUT2D eigenvalue weighted by Crippen LogP contribution is 2.21. The highest BCUT2D eigenvalue weighted by molar-refractivity contribution is 5.78. The van der Waals surface area contributed by atoms with E-state index >= 15 is 0 Å². The Hall–Kier alpha value is -1.62. The van der Waals surface area contributed by atoms with Gasteiger partial charge in [-0.1, -0.05) is 40.5 Å². The van der Waals surface area contributed by atoms with Crippen LogP contribution in [0.5, 0.6) is 0 Å². The molecule has 0 atom stereocenters. The molecular weight excluding hydrogens is 246 g/mol. The summed E-state index contributed by atoms with van der Waals surface area (Å²) in [4.78, 5) is 15.5. The quantitative estimate of drug-likeness (QED) is 0.552. The summed E-state index contributed by atoms with van der Waals surface area (Å²) in [6.07, 6.45) is 0.812. The Kier molecular flexibility index (Phi) is 6.65. The van der Waals surface area contributed by atoms with Crippen LogP contribution >= 0.6 is 0 Å². The van der Waals surface area contributed by atoms with Gasteiger partial charge in [0, 0.05) is 22.1 Å². The molecule has 1 aromatic rings. The first-order valence-electron chi connectivity index (χ1n) is 7.13. The van der Waals surface area contributed by atoms with Crippen LogP contribution in [0.15, 0.2) is 12.1 Å². The van der Waals surface area contributed by atoms with Crippen LogP contribution in [0.25, 0.3) is 0 Å². The van der Waals surface area contributed by atoms with E-state index in [9.17, 15) is 4.79 Å². The van der Waals surface area contributed by atoms with E-state index in [1.165, 1.54) is 0 Å². The Morgan fingerprint density at radius 2 is 1.60 bits per heavy atom. The molecule has 0 bridgehead atoms. The molecule has 0 N–H and O–H groups in total. The van der Waals surface area contributed by atoms with Gasteiger partial charge in [0.1, 0.15) is 5.69 Å². The van der Waals surface area contributed by atoms with E-state index < -0.39 is 0 Å². The molecule has 2 heteroatoms. The summed E-state index contributed by atoms with van der Waals surface area (Å²) in [6, 6.07) is 3.69. The second-order valence-electron chi connectivity index (χ2n) is 6.50. The van der Waals surface area contributed by atoms with Crippen molar-refractivity contribution in [2.24, 2.45) is 5.41 Å². The lowest BCUT2D eigenvalue weighted by atomic mass is 9.91.